The molecule has 0 spiro atoms. The Morgan fingerprint density at radius 3 is 2.61 bits per heavy atom. The first-order chi connectivity index (χ1) is 15.1. The van der Waals surface area contributed by atoms with Gasteiger partial charge in [-0.05, 0) is 49.6 Å². The maximum absolute atomic E-state index is 13.1. The Morgan fingerprint density at radius 1 is 1.13 bits per heavy atom. The van der Waals surface area contributed by atoms with Crippen molar-refractivity contribution in [2.24, 2.45) is 5.92 Å². The molecule has 160 valence electrons. The fourth-order valence-electron chi connectivity index (χ4n) is 3.73. The van der Waals surface area contributed by atoms with E-state index in [1.807, 2.05) is 36.1 Å². The lowest BCUT2D eigenvalue weighted by Gasteiger charge is -2.32. The maximum atomic E-state index is 13.1. The lowest BCUT2D eigenvalue weighted by molar-refractivity contribution is -0.120. The molecule has 7 heteroatoms. The number of rotatable bonds is 6. The van der Waals surface area contributed by atoms with Gasteiger partial charge < -0.3 is 15.0 Å². The van der Waals surface area contributed by atoms with Crippen molar-refractivity contribution in [1.82, 2.24) is 9.97 Å². The minimum atomic E-state index is -0.275. The van der Waals surface area contributed by atoms with Crippen molar-refractivity contribution in [2.75, 3.05) is 29.9 Å². The Morgan fingerprint density at radius 2 is 1.87 bits per heavy atom. The van der Waals surface area contributed by atoms with Gasteiger partial charge in [-0.3, -0.25) is 4.79 Å². The first-order valence-corrected chi connectivity index (χ1v) is 10.5. The van der Waals surface area contributed by atoms with Crippen LogP contribution in [0.15, 0.2) is 60.9 Å². The first-order valence-electron chi connectivity index (χ1n) is 10.5. The number of para-hydroxylation sites is 2. The van der Waals surface area contributed by atoms with Crippen LogP contribution in [0.3, 0.4) is 0 Å². The minimum Gasteiger partial charge on any atom is -0.492 e. The number of halogens is 1. The molecule has 31 heavy (non-hydrogen) atoms. The van der Waals surface area contributed by atoms with E-state index in [2.05, 4.69) is 15.3 Å². The van der Waals surface area contributed by atoms with Gasteiger partial charge in [0, 0.05) is 31.0 Å². The predicted octanol–water partition coefficient (Wildman–Crippen LogP) is 4.54. The number of piperidine rings is 1. The molecule has 6 nitrogen and oxygen atoms in total. The second-order valence-electron chi connectivity index (χ2n) is 7.48. The summed E-state index contributed by atoms with van der Waals surface area (Å²) in [6.07, 6.45) is 5.16. The van der Waals surface area contributed by atoms with Gasteiger partial charge in [-0.25, -0.2) is 14.4 Å². The van der Waals surface area contributed by atoms with E-state index in [-0.39, 0.29) is 17.6 Å². The third kappa shape index (κ3) is 4.99. The summed E-state index contributed by atoms with van der Waals surface area (Å²) in [6, 6.07) is 13.7. The highest BCUT2D eigenvalue weighted by atomic mass is 19.1. The van der Waals surface area contributed by atoms with Crippen molar-refractivity contribution in [1.29, 1.82) is 0 Å². The van der Waals surface area contributed by atoms with E-state index in [0.717, 1.165) is 30.5 Å². The highest BCUT2D eigenvalue weighted by Crippen LogP contribution is 2.27. The van der Waals surface area contributed by atoms with Crippen molar-refractivity contribution in [3.8, 4) is 16.9 Å². The van der Waals surface area contributed by atoms with E-state index in [1.54, 1.807) is 24.5 Å². The molecule has 2 heterocycles. The zero-order valence-electron chi connectivity index (χ0n) is 17.4. The molecule has 0 saturated carbocycles. The monoisotopic (exact) mass is 420 g/mol. The number of amides is 1. The van der Waals surface area contributed by atoms with Crippen LogP contribution < -0.4 is 15.0 Å². The molecule has 1 fully saturated rings. The Balaban J connectivity index is 1.42. The molecule has 1 aliphatic rings. The fraction of sp³-hybridized carbons (Fsp3) is 0.292. The zero-order chi connectivity index (χ0) is 21.6. The lowest BCUT2D eigenvalue weighted by atomic mass is 9.97. The average Bonchev–Trinajstić information content (AvgIpc) is 2.81. The number of benzene rings is 2. The molecular weight excluding hydrogens is 395 g/mol. The number of nitrogens with zero attached hydrogens (tertiary/aromatic N) is 3. The Hall–Kier alpha value is -3.48. The van der Waals surface area contributed by atoms with E-state index < -0.39 is 0 Å². The van der Waals surface area contributed by atoms with Gasteiger partial charge >= 0.3 is 0 Å². The van der Waals surface area contributed by atoms with Gasteiger partial charge in [0.2, 0.25) is 11.9 Å². The third-order valence-corrected chi connectivity index (χ3v) is 5.34. The van der Waals surface area contributed by atoms with Gasteiger partial charge in [0.05, 0.1) is 18.2 Å². The highest BCUT2D eigenvalue weighted by molar-refractivity contribution is 5.94. The van der Waals surface area contributed by atoms with Crippen molar-refractivity contribution in [3.05, 3.63) is 66.7 Å². The quantitative estimate of drug-likeness (QED) is 0.634. The Bertz CT molecular complexity index is 1020. The number of carbonyl (C=O) groups excluding carboxylic acids is 1. The van der Waals surface area contributed by atoms with Gasteiger partial charge in [-0.2, -0.15) is 0 Å². The number of hydrogen-bond acceptors (Lipinski definition) is 5. The number of nitrogens with one attached hydrogen (secondary N) is 1. The largest absolute Gasteiger partial charge is 0.492 e. The summed E-state index contributed by atoms with van der Waals surface area (Å²) in [5, 5.41) is 3.01. The summed E-state index contributed by atoms with van der Waals surface area (Å²) >= 11 is 0. The minimum absolute atomic E-state index is 0.0280. The highest BCUT2D eigenvalue weighted by Gasteiger charge is 2.27. The number of ether oxygens (including phenoxy) is 1. The second kappa shape index (κ2) is 9.55. The van der Waals surface area contributed by atoms with E-state index in [1.165, 1.54) is 12.1 Å². The van der Waals surface area contributed by atoms with Crippen molar-refractivity contribution >= 4 is 17.5 Å². The molecular formula is C24H25FN4O2. The normalized spacial score (nSPS) is 16.1. The third-order valence-electron chi connectivity index (χ3n) is 5.34. The topological polar surface area (TPSA) is 67.3 Å². The predicted molar refractivity (Wildman–Crippen MR) is 119 cm³/mol. The standard InChI is InChI=1S/C24H25FN4O2/c1-2-31-22-8-4-3-7-21(22)28-23(30)18-6-5-13-29(16-18)24-26-14-19(15-27-24)17-9-11-20(25)12-10-17/h3-4,7-12,14-15,18H,2,5-6,13,16H2,1H3,(H,28,30)/t18-/m0/s1. The molecule has 1 aliphatic heterocycles. The van der Waals surface area contributed by atoms with Crippen LogP contribution in [0.25, 0.3) is 11.1 Å². The SMILES string of the molecule is CCOc1ccccc1NC(=O)[C@H]1CCCN(c2ncc(-c3ccc(F)cc3)cn2)C1. The summed E-state index contributed by atoms with van der Waals surface area (Å²) in [5.41, 5.74) is 2.37. The van der Waals surface area contributed by atoms with Crippen LogP contribution in [0.4, 0.5) is 16.0 Å². The lowest BCUT2D eigenvalue weighted by Crippen LogP contribution is -2.41. The van der Waals surface area contributed by atoms with Crippen LogP contribution in [0.1, 0.15) is 19.8 Å². The molecule has 0 aliphatic carbocycles. The van der Waals surface area contributed by atoms with Gasteiger partial charge in [0.15, 0.2) is 0 Å². The summed E-state index contributed by atoms with van der Waals surface area (Å²) in [4.78, 5) is 23.9. The van der Waals surface area contributed by atoms with E-state index in [0.29, 0.717) is 30.5 Å². The van der Waals surface area contributed by atoms with Crippen LogP contribution in [0, 0.1) is 11.7 Å². The van der Waals surface area contributed by atoms with Crippen molar-refractivity contribution in [3.63, 3.8) is 0 Å². The second-order valence-corrected chi connectivity index (χ2v) is 7.48. The number of hydrogen-bond donors (Lipinski definition) is 1. The molecule has 3 aromatic rings. The number of aromatic nitrogens is 2. The van der Waals surface area contributed by atoms with Crippen LogP contribution in [-0.4, -0.2) is 35.6 Å². The van der Waals surface area contributed by atoms with Crippen LogP contribution in [0.2, 0.25) is 0 Å². The maximum Gasteiger partial charge on any atom is 0.229 e. The van der Waals surface area contributed by atoms with Gasteiger partial charge in [-0.15, -0.1) is 0 Å². The average molecular weight is 420 g/mol. The zero-order valence-corrected chi connectivity index (χ0v) is 17.4. The molecule has 1 aromatic heterocycles. The van der Waals surface area contributed by atoms with Gasteiger partial charge in [0.25, 0.3) is 0 Å². The molecule has 1 N–H and O–H groups in total. The molecule has 4 rings (SSSR count). The van der Waals surface area contributed by atoms with Crippen LogP contribution in [-0.2, 0) is 4.79 Å². The summed E-state index contributed by atoms with van der Waals surface area (Å²) < 4.78 is 18.7. The summed E-state index contributed by atoms with van der Waals surface area (Å²) in [5.74, 6) is 0.801. The number of carbonyl (C=O) groups is 1. The Kier molecular flexibility index (Phi) is 6.40. The summed E-state index contributed by atoms with van der Waals surface area (Å²) in [7, 11) is 0. The van der Waals surface area contributed by atoms with E-state index >= 15 is 0 Å². The van der Waals surface area contributed by atoms with Crippen LogP contribution >= 0.6 is 0 Å². The van der Waals surface area contributed by atoms with E-state index in [4.69, 9.17) is 4.74 Å². The molecule has 1 amide bonds. The first kappa shape index (κ1) is 20.8. The molecule has 1 atom stereocenters. The van der Waals surface area contributed by atoms with Gasteiger partial charge in [0.1, 0.15) is 11.6 Å². The fourth-order valence-corrected chi connectivity index (χ4v) is 3.73. The van der Waals surface area contributed by atoms with Gasteiger partial charge in [-0.1, -0.05) is 24.3 Å². The molecule has 2 aromatic carbocycles. The number of anilines is 2. The molecule has 1 saturated heterocycles. The van der Waals surface area contributed by atoms with Crippen molar-refractivity contribution < 1.29 is 13.9 Å². The smallest absolute Gasteiger partial charge is 0.229 e. The molecule has 0 unspecified atom stereocenters. The van der Waals surface area contributed by atoms with Crippen molar-refractivity contribution in [2.45, 2.75) is 19.8 Å². The molecule has 0 radical (unpaired) electrons. The Labute approximate surface area is 181 Å². The van der Waals surface area contributed by atoms with E-state index in [9.17, 15) is 9.18 Å². The summed E-state index contributed by atoms with van der Waals surface area (Å²) in [6.45, 7) is 3.81. The molecule has 0 bridgehead atoms. The van der Waals surface area contributed by atoms with Crippen LogP contribution in [0.5, 0.6) is 5.75 Å².